The van der Waals surface area contributed by atoms with Crippen molar-refractivity contribution in [1.82, 2.24) is 14.3 Å². The van der Waals surface area contributed by atoms with E-state index in [1.807, 2.05) is 83.8 Å². The van der Waals surface area contributed by atoms with Gasteiger partial charge >= 0.3 is 0 Å². The quantitative estimate of drug-likeness (QED) is 0.342. The van der Waals surface area contributed by atoms with Gasteiger partial charge in [0, 0.05) is 53.4 Å². The van der Waals surface area contributed by atoms with Crippen LogP contribution in [0.3, 0.4) is 0 Å². The van der Waals surface area contributed by atoms with Gasteiger partial charge in [0.2, 0.25) is 0 Å². The summed E-state index contributed by atoms with van der Waals surface area (Å²) in [5.41, 5.74) is 3.75. The summed E-state index contributed by atoms with van der Waals surface area (Å²) < 4.78 is 7.01. The third kappa shape index (κ3) is 3.24. The van der Waals surface area contributed by atoms with Crippen LogP contribution in [0.25, 0.3) is 38.1 Å². The highest BCUT2D eigenvalue weighted by Gasteiger charge is 2.26. The van der Waals surface area contributed by atoms with Gasteiger partial charge in [-0.3, -0.25) is 14.0 Å². The molecular weight excluding hydrogens is 464 g/mol. The van der Waals surface area contributed by atoms with Crippen LogP contribution in [0.1, 0.15) is 10.5 Å². The Bertz CT molecular complexity index is 1870. The Labute approximate surface area is 212 Å². The number of anilines is 1. The SMILES string of the molecule is COc1ccc(N2CCN(C(=O)c3cc4c5ccccc5n5c(=O)c6ccccc6c(n3)c45)CC2)cc1. The van der Waals surface area contributed by atoms with E-state index in [4.69, 9.17) is 9.72 Å². The van der Waals surface area contributed by atoms with Crippen LogP contribution < -0.4 is 15.2 Å². The standard InChI is InChI=1S/C30H24N4O3/c1-37-20-12-10-19(11-13-20)32-14-16-33(17-15-32)30(36)25-18-24-21-6-4-5-9-26(21)34-28(24)27(31-25)22-7-2-3-8-23(22)29(34)35/h2-13,18H,14-17H2,1H3. The minimum atomic E-state index is -0.0845. The van der Waals surface area contributed by atoms with Crippen molar-refractivity contribution in [3.63, 3.8) is 0 Å². The van der Waals surface area contributed by atoms with Gasteiger partial charge in [-0.25, -0.2) is 4.98 Å². The number of carbonyl (C=O) groups is 1. The molecule has 0 radical (unpaired) electrons. The third-order valence-corrected chi connectivity index (χ3v) is 7.49. The molecule has 0 N–H and O–H groups in total. The number of methoxy groups -OCH3 is 1. The Balaban J connectivity index is 1.30. The molecule has 7 rings (SSSR count). The van der Waals surface area contributed by atoms with Crippen LogP contribution in [0.5, 0.6) is 5.75 Å². The van der Waals surface area contributed by atoms with E-state index in [9.17, 15) is 9.59 Å². The molecule has 1 fully saturated rings. The van der Waals surface area contributed by atoms with E-state index in [1.54, 1.807) is 11.5 Å². The largest absolute Gasteiger partial charge is 0.497 e. The maximum atomic E-state index is 13.7. The molecule has 6 aromatic rings. The third-order valence-electron chi connectivity index (χ3n) is 7.49. The summed E-state index contributed by atoms with van der Waals surface area (Å²) in [6, 6.07) is 25.2. The first-order chi connectivity index (χ1) is 18.1. The molecule has 37 heavy (non-hydrogen) atoms. The molecule has 0 saturated carbocycles. The summed E-state index contributed by atoms with van der Waals surface area (Å²) >= 11 is 0. The fourth-order valence-electron chi connectivity index (χ4n) is 5.61. The van der Waals surface area contributed by atoms with E-state index in [2.05, 4.69) is 4.90 Å². The molecule has 1 aliphatic heterocycles. The van der Waals surface area contributed by atoms with E-state index in [-0.39, 0.29) is 11.5 Å². The number of ether oxygens (including phenoxy) is 1. The molecule has 0 aliphatic carbocycles. The van der Waals surface area contributed by atoms with Gasteiger partial charge in [-0.1, -0.05) is 36.4 Å². The number of rotatable bonds is 3. The van der Waals surface area contributed by atoms with E-state index in [0.717, 1.165) is 51.7 Å². The summed E-state index contributed by atoms with van der Waals surface area (Å²) in [7, 11) is 1.66. The highest BCUT2D eigenvalue weighted by atomic mass is 16.5. The van der Waals surface area contributed by atoms with Crippen molar-refractivity contribution in [3.8, 4) is 5.75 Å². The van der Waals surface area contributed by atoms with Crippen LogP contribution in [-0.2, 0) is 0 Å². The van der Waals surface area contributed by atoms with Crippen molar-refractivity contribution >= 4 is 49.7 Å². The van der Waals surface area contributed by atoms with Gasteiger partial charge in [0.15, 0.2) is 0 Å². The molecular formula is C30H24N4O3. The Hall–Kier alpha value is -4.65. The number of para-hydroxylation sites is 1. The number of benzene rings is 3. The van der Waals surface area contributed by atoms with Crippen molar-refractivity contribution in [1.29, 1.82) is 0 Å². The lowest BCUT2D eigenvalue weighted by atomic mass is 10.1. The highest BCUT2D eigenvalue weighted by molar-refractivity contribution is 6.20. The lowest BCUT2D eigenvalue weighted by Gasteiger charge is -2.36. The zero-order valence-electron chi connectivity index (χ0n) is 20.3. The number of fused-ring (bicyclic) bond motifs is 5. The zero-order chi connectivity index (χ0) is 25.1. The number of amides is 1. The van der Waals surface area contributed by atoms with Crippen molar-refractivity contribution in [3.05, 3.63) is 94.9 Å². The van der Waals surface area contributed by atoms with Gasteiger partial charge in [-0.15, -0.1) is 0 Å². The van der Waals surface area contributed by atoms with Crippen molar-refractivity contribution < 1.29 is 9.53 Å². The number of carbonyl (C=O) groups excluding carboxylic acids is 1. The molecule has 0 unspecified atom stereocenters. The molecule has 182 valence electrons. The first kappa shape index (κ1) is 21.6. The molecule has 1 amide bonds. The van der Waals surface area contributed by atoms with Crippen LogP contribution >= 0.6 is 0 Å². The summed E-state index contributed by atoms with van der Waals surface area (Å²) in [5, 5.41) is 3.19. The molecule has 4 heterocycles. The second-order valence-electron chi connectivity index (χ2n) is 9.43. The minimum Gasteiger partial charge on any atom is -0.497 e. The smallest absolute Gasteiger partial charge is 0.272 e. The Kier molecular flexibility index (Phi) is 4.79. The monoisotopic (exact) mass is 488 g/mol. The summed E-state index contributed by atoms with van der Waals surface area (Å²) in [4.78, 5) is 36.2. The molecule has 1 aliphatic rings. The van der Waals surface area contributed by atoms with Crippen molar-refractivity contribution in [2.75, 3.05) is 38.2 Å². The number of pyridine rings is 2. The van der Waals surface area contributed by atoms with Gasteiger partial charge in [0.05, 0.1) is 23.7 Å². The first-order valence-electron chi connectivity index (χ1n) is 12.4. The molecule has 1 saturated heterocycles. The normalized spacial score (nSPS) is 14.3. The molecule has 0 bridgehead atoms. The average molecular weight is 489 g/mol. The van der Waals surface area contributed by atoms with E-state index < -0.39 is 0 Å². The van der Waals surface area contributed by atoms with E-state index in [1.165, 1.54) is 0 Å². The maximum absolute atomic E-state index is 13.7. The predicted molar refractivity (Wildman–Crippen MR) is 146 cm³/mol. The molecule has 7 heteroatoms. The Morgan fingerprint density at radius 2 is 1.49 bits per heavy atom. The number of nitrogens with zero attached hydrogens (tertiary/aromatic N) is 4. The van der Waals surface area contributed by atoms with Crippen molar-refractivity contribution in [2.24, 2.45) is 0 Å². The van der Waals surface area contributed by atoms with Crippen LogP contribution in [0.4, 0.5) is 5.69 Å². The predicted octanol–water partition coefficient (Wildman–Crippen LogP) is 4.56. The minimum absolute atomic E-state index is 0.0650. The molecule has 0 atom stereocenters. The van der Waals surface area contributed by atoms with Gasteiger partial charge in [0.1, 0.15) is 11.4 Å². The summed E-state index contributed by atoms with van der Waals surface area (Å²) in [6.45, 7) is 2.70. The molecule has 3 aromatic heterocycles. The van der Waals surface area contributed by atoms with Crippen LogP contribution in [0.15, 0.2) is 83.7 Å². The number of piperazine rings is 1. The fraction of sp³-hybridized carbons (Fsp3) is 0.167. The first-order valence-corrected chi connectivity index (χ1v) is 12.4. The Morgan fingerprint density at radius 1 is 0.811 bits per heavy atom. The molecule has 0 spiro atoms. The van der Waals surface area contributed by atoms with Gasteiger partial charge in [0.25, 0.3) is 11.5 Å². The second-order valence-corrected chi connectivity index (χ2v) is 9.43. The van der Waals surface area contributed by atoms with Crippen LogP contribution in [0.2, 0.25) is 0 Å². The number of aromatic nitrogens is 2. The molecule has 3 aromatic carbocycles. The van der Waals surface area contributed by atoms with Crippen LogP contribution in [0, 0.1) is 0 Å². The van der Waals surface area contributed by atoms with Gasteiger partial charge < -0.3 is 14.5 Å². The van der Waals surface area contributed by atoms with E-state index >= 15 is 0 Å². The lowest BCUT2D eigenvalue weighted by Crippen LogP contribution is -2.49. The maximum Gasteiger partial charge on any atom is 0.272 e. The van der Waals surface area contributed by atoms with Crippen LogP contribution in [-0.4, -0.2) is 53.5 Å². The van der Waals surface area contributed by atoms with E-state index in [0.29, 0.717) is 29.7 Å². The number of hydrogen-bond donors (Lipinski definition) is 0. The second kappa shape index (κ2) is 8.20. The average Bonchev–Trinajstić information content (AvgIpc) is 3.30. The Morgan fingerprint density at radius 3 is 2.22 bits per heavy atom. The van der Waals surface area contributed by atoms with Crippen molar-refractivity contribution in [2.45, 2.75) is 0 Å². The zero-order valence-corrected chi connectivity index (χ0v) is 20.3. The molecule has 7 nitrogen and oxygen atoms in total. The summed E-state index contributed by atoms with van der Waals surface area (Å²) in [5.74, 6) is 0.742. The topological polar surface area (TPSA) is 67.2 Å². The van der Waals surface area contributed by atoms with Gasteiger partial charge in [-0.05, 0) is 42.5 Å². The summed E-state index contributed by atoms with van der Waals surface area (Å²) in [6.07, 6.45) is 0. The lowest BCUT2D eigenvalue weighted by molar-refractivity contribution is 0.0741. The fourth-order valence-corrected chi connectivity index (χ4v) is 5.61. The van der Waals surface area contributed by atoms with Gasteiger partial charge in [-0.2, -0.15) is 0 Å². The highest BCUT2D eigenvalue weighted by Crippen LogP contribution is 2.34. The number of hydrogen-bond acceptors (Lipinski definition) is 5.